The van der Waals surface area contributed by atoms with E-state index in [1.165, 1.54) is 52.7 Å². The summed E-state index contributed by atoms with van der Waals surface area (Å²) >= 11 is 0. The molecule has 1 aromatic heterocycles. The first-order chi connectivity index (χ1) is 12.9. The standard InChI is InChI=1S/C19H18O8/c1-23-9-5-12(21)16-15(6-9)27-18(19(26-4)17(16)22)10-7-13(24-2)14(25-3)8-11(10)20/h5-8,20-21H,1-4H3. The lowest BCUT2D eigenvalue weighted by Crippen LogP contribution is -2.08. The lowest BCUT2D eigenvalue weighted by atomic mass is 10.1. The van der Waals surface area contributed by atoms with E-state index in [9.17, 15) is 15.0 Å². The van der Waals surface area contributed by atoms with Crippen molar-refractivity contribution >= 4 is 11.0 Å². The summed E-state index contributed by atoms with van der Waals surface area (Å²) in [7, 11) is 5.58. The van der Waals surface area contributed by atoms with Gasteiger partial charge in [-0.1, -0.05) is 0 Å². The molecule has 0 aliphatic heterocycles. The van der Waals surface area contributed by atoms with Crippen molar-refractivity contribution in [3.05, 3.63) is 34.5 Å². The molecule has 0 amide bonds. The molecule has 0 aliphatic rings. The van der Waals surface area contributed by atoms with Crippen molar-refractivity contribution in [2.24, 2.45) is 0 Å². The summed E-state index contributed by atoms with van der Waals surface area (Å²) in [4.78, 5) is 12.8. The lowest BCUT2D eigenvalue weighted by molar-refractivity contribution is 0.351. The van der Waals surface area contributed by atoms with E-state index >= 15 is 0 Å². The van der Waals surface area contributed by atoms with Gasteiger partial charge in [0, 0.05) is 18.2 Å². The van der Waals surface area contributed by atoms with Gasteiger partial charge < -0.3 is 33.6 Å². The van der Waals surface area contributed by atoms with E-state index < -0.39 is 5.43 Å². The Labute approximate surface area is 154 Å². The van der Waals surface area contributed by atoms with Crippen LogP contribution in [0.1, 0.15) is 0 Å². The molecule has 8 nitrogen and oxygen atoms in total. The summed E-state index contributed by atoms with van der Waals surface area (Å²) in [5.74, 6) is 0.214. The van der Waals surface area contributed by atoms with E-state index in [1.807, 2.05) is 0 Å². The van der Waals surface area contributed by atoms with Crippen molar-refractivity contribution < 1.29 is 33.6 Å². The number of aromatic hydroxyl groups is 2. The molecule has 1 heterocycles. The fourth-order valence-electron chi connectivity index (χ4n) is 2.79. The molecule has 2 aromatic carbocycles. The van der Waals surface area contributed by atoms with E-state index in [4.69, 9.17) is 23.4 Å². The first kappa shape index (κ1) is 18.2. The van der Waals surface area contributed by atoms with Crippen LogP contribution < -0.4 is 24.4 Å². The Morgan fingerprint density at radius 1 is 0.815 bits per heavy atom. The number of phenolic OH excluding ortho intramolecular Hbond substituents is 2. The maximum absolute atomic E-state index is 12.8. The maximum Gasteiger partial charge on any atom is 0.239 e. The number of hydrogen-bond donors (Lipinski definition) is 2. The van der Waals surface area contributed by atoms with E-state index in [0.29, 0.717) is 17.2 Å². The monoisotopic (exact) mass is 374 g/mol. The molecular formula is C19H18O8. The molecule has 0 radical (unpaired) electrons. The predicted octanol–water partition coefficient (Wildman–Crippen LogP) is 2.91. The number of fused-ring (bicyclic) bond motifs is 1. The molecule has 0 bridgehead atoms. The molecule has 3 aromatic rings. The van der Waals surface area contributed by atoms with E-state index in [2.05, 4.69) is 0 Å². The average molecular weight is 374 g/mol. The van der Waals surface area contributed by atoms with Gasteiger partial charge in [0.2, 0.25) is 11.2 Å². The first-order valence-electron chi connectivity index (χ1n) is 7.82. The Morgan fingerprint density at radius 3 is 2.07 bits per heavy atom. The molecule has 142 valence electrons. The second-order valence-electron chi connectivity index (χ2n) is 5.54. The van der Waals surface area contributed by atoms with Crippen molar-refractivity contribution in [3.63, 3.8) is 0 Å². The highest BCUT2D eigenvalue weighted by molar-refractivity contribution is 5.89. The van der Waals surface area contributed by atoms with Crippen molar-refractivity contribution in [3.8, 4) is 45.8 Å². The summed E-state index contributed by atoms with van der Waals surface area (Å²) in [6.07, 6.45) is 0. The molecule has 0 saturated heterocycles. The fourth-order valence-corrected chi connectivity index (χ4v) is 2.79. The Bertz CT molecular complexity index is 1070. The Hall–Kier alpha value is -3.55. The minimum absolute atomic E-state index is 0.0268. The molecule has 0 atom stereocenters. The van der Waals surface area contributed by atoms with Crippen LogP contribution in [0.5, 0.6) is 34.5 Å². The van der Waals surface area contributed by atoms with Crippen molar-refractivity contribution in [1.82, 2.24) is 0 Å². The largest absolute Gasteiger partial charge is 0.507 e. The quantitative estimate of drug-likeness (QED) is 0.702. The fraction of sp³-hybridized carbons (Fsp3) is 0.211. The van der Waals surface area contributed by atoms with Gasteiger partial charge in [0.25, 0.3) is 0 Å². The van der Waals surface area contributed by atoms with E-state index in [0.717, 1.165) is 0 Å². The highest BCUT2D eigenvalue weighted by Gasteiger charge is 2.23. The van der Waals surface area contributed by atoms with Crippen LogP contribution in [0.3, 0.4) is 0 Å². The van der Waals surface area contributed by atoms with Crippen LogP contribution in [0.15, 0.2) is 33.5 Å². The number of benzene rings is 2. The van der Waals surface area contributed by atoms with Crippen LogP contribution in [-0.2, 0) is 0 Å². The zero-order chi connectivity index (χ0) is 19.7. The summed E-state index contributed by atoms with van der Waals surface area (Å²) in [5, 5.41) is 20.5. The van der Waals surface area contributed by atoms with Crippen LogP contribution in [0.4, 0.5) is 0 Å². The SMILES string of the molecule is COc1cc(O)c2c(=O)c(OC)c(-c3cc(OC)c(OC)cc3O)oc2c1. The number of hydrogen-bond acceptors (Lipinski definition) is 8. The molecular weight excluding hydrogens is 356 g/mol. The Balaban J connectivity index is 2.39. The van der Waals surface area contributed by atoms with Crippen molar-refractivity contribution in [1.29, 1.82) is 0 Å². The summed E-state index contributed by atoms with van der Waals surface area (Å²) in [6, 6.07) is 5.55. The zero-order valence-corrected chi connectivity index (χ0v) is 15.2. The van der Waals surface area contributed by atoms with Crippen LogP contribution in [0, 0.1) is 0 Å². The second kappa shape index (κ2) is 6.99. The third kappa shape index (κ3) is 2.95. The highest BCUT2D eigenvalue weighted by Crippen LogP contribution is 2.43. The molecule has 0 saturated carbocycles. The number of phenols is 2. The molecule has 27 heavy (non-hydrogen) atoms. The Kier molecular flexibility index (Phi) is 4.72. The molecule has 3 rings (SSSR count). The van der Waals surface area contributed by atoms with Gasteiger partial charge in [-0.25, -0.2) is 0 Å². The first-order valence-corrected chi connectivity index (χ1v) is 7.82. The minimum Gasteiger partial charge on any atom is -0.507 e. The van der Waals surface area contributed by atoms with Crippen LogP contribution >= 0.6 is 0 Å². The molecule has 0 aliphatic carbocycles. The third-order valence-electron chi connectivity index (χ3n) is 4.09. The molecule has 0 fully saturated rings. The topological polar surface area (TPSA) is 108 Å². The van der Waals surface area contributed by atoms with Crippen LogP contribution in [0.2, 0.25) is 0 Å². The number of methoxy groups -OCH3 is 4. The predicted molar refractivity (Wildman–Crippen MR) is 97.5 cm³/mol. The lowest BCUT2D eigenvalue weighted by Gasteiger charge is -2.14. The van der Waals surface area contributed by atoms with Gasteiger partial charge in [0.15, 0.2) is 17.3 Å². The van der Waals surface area contributed by atoms with Gasteiger partial charge in [0.1, 0.15) is 28.2 Å². The van der Waals surface area contributed by atoms with Gasteiger partial charge in [-0.05, 0) is 6.07 Å². The van der Waals surface area contributed by atoms with Crippen LogP contribution in [0.25, 0.3) is 22.3 Å². The van der Waals surface area contributed by atoms with Gasteiger partial charge in [0.05, 0.1) is 34.0 Å². The summed E-state index contributed by atoms with van der Waals surface area (Å²) in [6.45, 7) is 0. The van der Waals surface area contributed by atoms with E-state index in [-0.39, 0.29) is 39.5 Å². The normalized spacial score (nSPS) is 10.7. The smallest absolute Gasteiger partial charge is 0.239 e. The Morgan fingerprint density at radius 2 is 1.48 bits per heavy atom. The molecule has 0 unspecified atom stereocenters. The molecule has 0 spiro atoms. The number of ether oxygens (including phenoxy) is 4. The minimum atomic E-state index is -0.594. The third-order valence-corrected chi connectivity index (χ3v) is 4.09. The van der Waals surface area contributed by atoms with Gasteiger partial charge in [-0.3, -0.25) is 4.79 Å². The van der Waals surface area contributed by atoms with Crippen LogP contribution in [-0.4, -0.2) is 38.7 Å². The molecule has 2 N–H and O–H groups in total. The number of rotatable bonds is 5. The van der Waals surface area contributed by atoms with Crippen molar-refractivity contribution in [2.75, 3.05) is 28.4 Å². The van der Waals surface area contributed by atoms with Gasteiger partial charge in [-0.15, -0.1) is 0 Å². The average Bonchev–Trinajstić information content (AvgIpc) is 2.66. The van der Waals surface area contributed by atoms with Gasteiger partial charge >= 0.3 is 0 Å². The highest BCUT2D eigenvalue weighted by atomic mass is 16.5. The maximum atomic E-state index is 12.8. The second-order valence-corrected chi connectivity index (χ2v) is 5.54. The summed E-state index contributed by atoms with van der Waals surface area (Å²) in [5.41, 5.74) is -0.365. The van der Waals surface area contributed by atoms with Crippen molar-refractivity contribution in [2.45, 2.75) is 0 Å². The molecule has 8 heteroatoms. The van der Waals surface area contributed by atoms with E-state index in [1.54, 1.807) is 0 Å². The van der Waals surface area contributed by atoms with Gasteiger partial charge in [-0.2, -0.15) is 0 Å². The zero-order valence-electron chi connectivity index (χ0n) is 15.2. The summed E-state index contributed by atoms with van der Waals surface area (Å²) < 4.78 is 26.5.